The number of rotatable bonds is 8. The van der Waals surface area contributed by atoms with Crippen LogP contribution in [-0.4, -0.2) is 35.6 Å². The zero-order valence-corrected chi connectivity index (χ0v) is 18.2. The van der Waals surface area contributed by atoms with Gasteiger partial charge in [0, 0.05) is 36.7 Å². The third kappa shape index (κ3) is 5.97. The molecule has 162 valence electrons. The molecule has 1 aromatic carbocycles. The highest BCUT2D eigenvalue weighted by Gasteiger charge is 2.18. The Balaban J connectivity index is 1.69. The molecule has 0 saturated carbocycles. The van der Waals surface area contributed by atoms with E-state index in [0.717, 1.165) is 10.4 Å². The van der Waals surface area contributed by atoms with Crippen LogP contribution >= 0.6 is 11.6 Å². The predicted molar refractivity (Wildman–Crippen MR) is 116 cm³/mol. The van der Waals surface area contributed by atoms with Crippen LogP contribution in [0.15, 0.2) is 64.5 Å². The number of hydrogen-bond acceptors (Lipinski definition) is 6. The van der Waals surface area contributed by atoms with E-state index in [9.17, 15) is 18.0 Å². The smallest absolute Gasteiger partial charge is 0.285 e. The fourth-order valence-corrected chi connectivity index (χ4v) is 4.23. The Kier molecular flexibility index (Phi) is 7.16. The molecule has 31 heavy (non-hydrogen) atoms. The van der Waals surface area contributed by atoms with Crippen LogP contribution in [0.25, 0.3) is 0 Å². The summed E-state index contributed by atoms with van der Waals surface area (Å²) in [5, 5.41) is 6.32. The predicted octanol–water partition coefficient (Wildman–Crippen LogP) is 1.76. The van der Waals surface area contributed by atoms with Gasteiger partial charge < -0.3 is 5.32 Å². The molecule has 0 saturated heterocycles. The van der Waals surface area contributed by atoms with Gasteiger partial charge in [-0.1, -0.05) is 23.7 Å². The van der Waals surface area contributed by atoms with E-state index >= 15 is 0 Å². The van der Waals surface area contributed by atoms with E-state index in [1.807, 2.05) is 12.1 Å². The molecule has 0 aliphatic heterocycles. The van der Waals surface area contributed by atoms with Gasteiger partial charge in [0.05, 0.1) is 4.90 Å². The summed E-state index contributed by atoms with van der Waals surface area (Å²) in [4.78, 5) is 28.4. The Morgan fingerprint density at radius 1 is 1.16 bits per heavy atom. The molecule has 2 aromatic heterocycles. The van der Waals surface area contributed by atoms with E-state index in [2.05, 4.69) is 20.1 Å². The van der Waals surface area contributed by atoms with Crippen molar-refractivity contribution in [2.75, 3.05) is 11.9 Å². The maximum absolute atomic E-state index is 12.7. The Labute approximate surface area is 184 Å². The average molecular weight is 462 g/mol. The molecule has 1 amide bonds. The molecule has 0 unspecified atom stereocenters. The van der Waals surface area contributed by atoms with Crippen molar-refractivity contribution in [1.82, 2.24) is 19.5 Å². The Morgan fingerprint density at radius 2 is 1.97 bits per heavy atom. The van der Waals surface area contributed by atoms with Crippen LogP contribution in [-0.2, 0) is 27.8 Å². The minimum absolute atomic E-state index is 0.0457. The third-order valence-corrected chi connectivity index (χ3v) is 6.21. The van der Waals surface area contributed by atoms with Crippen LogP contribution in [0.4, 0.5) is 5.69 Å². The molecule has 0 atom stereocenters. The van der Waals surface area contributed by atoms with Crippen molar-refractivity contribution in [1.29, 1.82) is 0 Å². The maximum Gasteiger partial charge on any atom is 0.285 e. The van der Waals surface area contributed by atoms with Gasteiger partial charge in [-0.2, -0.15) is 5.10 Å². The molecule has 0 bridgehead atoms. The molecule has 0 fully saturated rings. The molecule has 11 heteroatoms. The summed E-state index contributed by atoms with van der Waals surface area (Å²) in [6.07, 6.45) is 3.40. The molecular weight excluding hydrogens is 442 g/mol. The molecule has 0 aliphatic rings. The summed E-state index contributed by atoms with van der Waals surface area (Å²) in [6.45, 7) is 1.48. The normalized spacial score (nSPS) is 11.3. The molecule has 9 nitrogen and oxygen atoms in total. The van der Waals surface area contributed by atoms with Crippen molar-refractivity contribution in [2.24, 2.45) is 0 Å². The lowest BCUT2D eigenvalue weighted by Crippen LogP contribution is -2.30. The minimum atomic E-state index is -3.80. The van der Waals surface area contributed by atoms with Crippen LogP contribution in [0, 0.1) is 6.92 Å². The topological polar surface area (TPSA) is 123 Å². The van der Waals surface area contributed by atoms with Crippen molar-refractivity contribution >= 4 is 33.2 Å². The second-order valence-electron chi connectivity index (χ2n) is 6.64. The number of sulfonamides is 1. The van der Waals surface area contributed by atoms with Crippen LogP contribution in [0.1, 0.15) is 11.3 Å². The summed E-state index contributed by atoms with van der Waals surface area (Å²) in [5.74, 6) is -0.549. The molecule has 2 N–H and O–H groups in total. The summed E-state index contributed by atoms with van der Waals surface area (Å²) >= 11 is 5.74. The molecule has 0 aliphatic carbocycles. The SMILES string of the molecule is Cc1ccc(NC(=O)Cn2nccc(Cl)c2=O)cc1S(=O)(=O)NCCc1ccccn1. The number of aromatic nitrogens is 3. The van der Waals surface area contributed by atoms with Gasteiger partial charge in [0.1, 0.15) is 11.6 Å². The Bertz CT molecular complexity index is 1250. The number of aryl methyl sites for hydroxylation is 1. The molecule has 2 heterocycles. The van der Waals surface area contributed by atoms with Gasteiger partial charge in [0.2, 0.25) is 15.9 Å². The number of nitrogens with zero attached hydrogens (tertiary/aromatic N) is 3. The van der Waals surface area contributed by atoms with E-state index in [-0.39, 0.29) is 28.7 Å². The van der Waals surface area contributed by atoms with Gasteiger partial charge in [-0.3, -0.25) is 14.6 Å². The number of anilines is 1. The zero-order valence-electron chi connectivity index (χ0n) is 16.6. The number of hydrogen-bond donors (Lipinski definition) is 2. The number of halogens is 1. The van der Waals surface area contributed by atoms with Gasteiger partial charge in [0.15, 0.2) is 0 Å². The third-order valence-electron chi connectivity index (χ3n) is 4.32. The number of carbonyl (C=O) groups excluding carboxylic acids is 1. The summed E-state index contributed by atoms with van der Waals surface area (Å²) in [5.41, 5.74) is 0.975. The Hall–Kier alpha value is -3.08. The average Bonchev–Trinajstić information content (AvgIpc) is 2.73. The van der Waals surface area contributed by atoms with E-state index < -0.39 is 21.5 Å². The van der Waals surface area contributed by atoms with Crippen molar-refractivity contribution in [3.8, 4) is 0 Å². The number of pyridine rings is 1. The largest absolute Gasteiger partial charge is 0.324 e. The number of nitrogens with one attached hydrogen (secondary N) is 2. The highest BCUT2D eigenvalue weighted by Crippen LogP contribution is 2.20. The minimum Gasteiger partial charge on any atom is -0.324 e. The molecule has 3 rings (SSSR count). The van der Waals surface area contributed by atoms with Crippen LogP contribution in [0.5, 0.6) is 0 Å². The first-order valence-electron chi connectivity index (χ1n) is 9.28. The number of amides is 1. The highest BCUT2D eigenvalue weighted by atomic mass is 35.5. The highest BCUT2D eigenvalue weighted by molar-refractivity contribution is 7.89. The van der Waals surface area contributed by atoms with Gasteiger partial charge in [-0.15, -0.1) is 0 Å². The number of carbonyl (C=O) groups is 1. The fourth-order valence-electron chi connectivity index (χ4n) is 2.78. The van der Waals surface area contributed by atoms with Crippen LogP contribution < -0.4 is 15.6 Å². The van der Waals surface area contributed by atoms with Gasteiger partial charge in [-0.05, 0) is 42.8 Å². The van der Waals surface area contributed by atoms with Crippen molar-refractivity contribution < 1.29 is 13.2 Å². The van der Waals surface area contributed by atoms with Crippen molar-refractivity contribution in [2.45, 2.75) is 24.8 Å². The van der Waals surface area contributed by atoms with Gasteiger partial charge >= 0.3 is 0 Å². The van der Waals surface area contributed by atoms with Crippen LogP contribution in [0.2, 0.25) is 5.02 Å². The lowest BCUT2D eigenvalue weighted by atomic mass is 10.2. The Morgan fingerprint density at radius 3 is 2.71 bits per heavy atom. The van der Waals surface area contributed by atoms with Crippen molar-refractivity contribution in [3.63, 3.8) is 0 Å². The molecular formula is C20H20ClN5O4S. The zero-order chi connectivity index (χ0) is 22.4. The van der Waals surface area contributed by atoms with Gasteiger partial charge in [-0.25, -0.2) is 17.8 Å². The first-order valence-corrected chi connectivity index (χ1v) is 11.1. The molecule has 0 radical (unpaired) electrons. The standard InChI is InChI=1S/C20H20ClN5O4S/c1-14-5-6-16(25-19(27)13-26-20(28)17(21)8-10-23-26)12-18(14)31(29,30)24-11-7-15-4-2-3-9-22-15/h2-6,8-10,12,24H,7,11,13H2,1H3,(H,25,27). The first kappa shape index (κ1) is 22.6. The van der Waals surface area contributed by atoms with E-state index in [4.69, 9.17) is 11.6 Å². The molecule has 0 spiro atoms. The first-order chi connectivity index (χ1) is 14.8. The molecule has 3 aromatic rings. The summed E-state index contributed by atoms with van der Waals surface area (Å²) in [6, 6.07) is 11.3. The van der Waals surface area contributed by atoms with Crippen LogP contribution in [0.3, 0.4) is 0 Å². The maximum atomic E-state index is 12.7. The lowest BCUT2D eigenvalue weighted by Gasteiger charge is -2.12. The second-order valence-corrected chi connectivity index (χ2v) is 8.78. The fraction of sp³-hybridized carbons (Fsp3) is 0.200. The van der Waals surface area contributed by atoms with Crippen molar-refractivity contribution in [3.05, 3.63) is 81.5 Å². The lowest BCUT2D eigenvalue weighted by molar-refractivity contribution is -0.117. The van der Waals surface area contributed by atoms with Gasteiger partial charge in [0.25, 0.3) is 5.56 Å². The summed E-state index contributed by atoms with van der Waals surface area (Å²) < 4.78 is 28.9. The monoisotopic (exact) mass is 461 g/mol. The number of benzene rings is 1. The van der Waals surface area contributed by atoms with E-state index in [0.29, 0.717) is 12.0 Å². The summed E-state index contributed by atoms with van der Waals surface area (Å²) in [7, 11) is -3.80. The van der Waals surface area contributed by atoms with E-state index in [1.54, 1.807) is 31.3 Å². The quantitative estimate of drug-likeness (QED) is 0.527. The van der Waals surface area contributed by atoms with E-state index in [1.165, 1.54) is 18.3 Å². The second kappa shape index (κ2) is 9.82.